The van der Waals surface area contributed by atoms with Crippen LogP contribution in [0, 0.1) is 5.82 Å². The largest absolute Gasteiger partial charge is 0.253 e. The molecule has 0 bridgehead atoms. The van der Waals surface area contributed by atoms with E-state index in [1.165, 1.54) is 17.4 Å². The highest BCUT2D eigenvalue weighted by atomic mass is 32.2. The smallest absolute Gasteiger partial charge is 0.161 e. The van der Waals surface area contributed by atoms with Crippen LogP contribution in [0.1, 0.15) is 18.3 Å². The molecule has 0 fully saturated rings. The van der Waals surface area contributed by atoms with Crippen LogP contribution >= 0.6 is 11.3 Å². The fourth-order valence-corrected chi connectivity index (χ4v) is 4.43. The molecule has 0 atom stereocenters. The van der Waals surface area contributed by atoms with Crippen molar-refractivity contribution >= 4 is 21.2 Å². The molecule has 9 heteroatoms. The lowest BCUT2D eigenvalue weighted by Crippen LogP contribution is -2.08. The number of thiazole rings is 1. The lowest BCUT2D eigenvalue weighted by molar-refractivity contribution is 0.593. The average Bonchev–Trinajstić information content (AvgIpc) is 3.16. The maximum atomic E-state index is 13.8. The molecule has 2 aromatic heterocycles. The summed E-state index contributed by atoms with van der Waals surface area (Å²) in [5.41, 5.74) is 1.18. The number of benzene rings is 1. The summed E-state index contributed by atoms with van der Waals surface area (Å²) in [6.45, 7) is 2.53. The van der Waals surface area contributed by atoms with Crippen molar-refractivity contribution in [3.8, 4) is 10.6 Å². The second-order valence-corrected chi connectivity index (χ2v) is 8.14. The summed E-state index contributed by atoms with van der Waals surface area (Å²) < 4.78 is 39.9. The summed E-state index contributed by atoms with van der Waals surface area (Å²) in [5.74, 6) is -0.784. The SMILES string of the molecule is CCn1cc(CS(=O)(=O)Cc2csc(-c3ccccc3F)n2)nn1. The topological polar surface area (TPSA) is 77.7 Å². The van der Waals surface area contributed by atoms with Crippen LogP contribution in [-0.4, -0.2) is 28.4 Å². The summed E-state index contributed by atoms with van der Waals surface area (Å²) in [6.07, 6.45) is 1.61. The summed E-state index contributed by atoms with van der Waals surface area (Å²) in [4.78, 5) is 4.25. The van der Waals surface area contributed by atoms with E-state index in [1.54, 1.807) is 34.5 Å². The molecule has 0 N–H and O–H groups in total. The highest BCUT2D eigenvalue weighted by Gasteiger charge is 2.18. The third-order valence-electron chi connectivity index (χ3n) is 3.30. The van der Waals surface area contributed by atoms with E-state index in [1.807, 2.05) is 6.92 Å². The van der Waals surface area contributed by atoms with Gasteiger partial charge < -0.3 is 0 Å². The monoisotopic (exact) mass is 366 g/mol. The van der Waals surface area contributed by atoms with E-state index in [2.05, 4.69) is 15.3 Å². The van der Waals surface area contributed by atoms with Gasteiger partial charge in [-0.1, -0.05) is 17.3 Å². The minimum Gasteiger partial charge on any atom is -0.253 e. The Morgan fingerprint density at radius 1 is 1.21 bits per heavy atom. The normalized spacial score (nSPS) is 11.8. The first-order valence-electron chi connectivity index (χ1n) is 7.25. The Bertz CT molecular complexity index is 950. The first-order chi connectivity index (χ1) is 11.5. The van der Waals surface area contributed by atoms with Crippen LogP contribution in [0.25, 0.3) is 10.6 Å². The molecule has 3 rings (SSSR count). The first kappa shape index (κ1) is 16.7. The third-order valence-corrected chi connectivity index (χ3v) is 5.70. The zero-order valence-electron chi connectivity index (χ0n) is 12.9. The molecule has 3 aromatic rings. The second-order valence-electron chi connectivity index (χ2n) is 5.22. The number of nitrogens with zero attached hydrogens (tertiary/aromatic N) is 4. The van der Waals surface area contributed by atoms with E-state index in [9.17, 15) is 12.8 Å². The molecule has 126 valence electrons. The lowest BCUT2D eigenvalue weighted by Gasteiger charge is -2.00. The Balaban J connectivity index is 1.75. The Hall–Kier alpha value is -2.13. The summed E-state index contributed by atoms with van der Waals surface area (Å²) >= 11 is 1.22. The summed E-state index contributed by atoms with van der Waals surface area (Å²) in [5, 5.41) is 9.78. The predicted molar refractivity (Wildman–Crippen MR) is 89.5 cm³/mol. The van der Waals surface area contributed by atoms with Crippen molar-refractivity contribution in [3.05, 3.63) is 53.0 Å². The van der Waals surface area contributed by atoms with E-state index in [0.717, 1.165) is 0 Å². The van der Waals surface area contributed by atoms with E-state index in [-0.39, 0.29) is 17.3 Å². The van der Waals surface area contributed by atoms with Gasteiger partial charge in [-0.2, -0.15) is 0 Å². The minimum atomic E-state index is -3.43. The highest BCUT2D eigenvalue weighted by Crippen LogP contribution is 2.27. The van der Waals surface area contributed by atoms with Gasteiger partial charge >= 0.3 is 0 Å². The van der Waals surface area contributed by atoms with E-state index in [0.29, 0.717) is 28.5 Å². The van der Waals surface area contributed by atoms with Crippen molar-refractivity contribution in [2.45, 2.75) is 25.0 Å². The molecule has 0 aliphatic heterocycles. The number of halogens is 1. The molecular formula is C15H15FN4O2S2. The molecule has 0 unspecified atom stereocenters. The van der Waals surface area contributed by atoms with Gasteiger partial charge in [0.15, 0.2) is 9.84 Å². The molecule has 0 radical (unpaired) electrons. The third kappa shape index (κ3) is 3.85. The van der Waals surface area contributed by atoms with Crippen molar-refractivity contribution < 1.29 is 12.8 Å². The van der Waals surface area contributed by atoms with Crippen LogP contribution in [0.3, 0.4) is 0 Å². The molecular weight excluding hydrogens is 351 g/mol. The number of hydrogen-bond donors (Lipinski definition) is 0. The molecule has 0 saturated carbocycles. The number of rotatable bonds is 6. The molecule has 0 amide bonds. The van der Waals surface area contributed by atoms with E-state index < -0.39 is 9.84 Å². The van der Waals surface area contributed by atoms with E-state index in [4.69, 9.17) is 0 Å². The maximum Gasteiger partial charge on any atom is 0.161 e. The van der Waals surface area contributed by atoms with Crippen molar-refractivity contribution in [3.63, 3.8) is 0 Å². The van der Waals surface area contributed by atoms with Crippen LogP contribution in [0.15, 0.2) is 35.8 Å². The van der Waals surface area contributed by atoms with Crippen LogP contribution in [0.2, 0.25) is 0 Å². The van der Waals surface area contributed by atoms with E-state index >= 15 is 0 Å². The first-order valence-corrected chi connectivity index (χ1v) is 9.95. The van der Waals surface area contributed by atoms with Gasteiger partial charge in [0.05, 0.1) is 22.9 Å². The van der Waals surface area contributed by atoms with Crippen LogP contribution in [0.4, 0.5) is 4.39 Å². The Morgan fingerprint density at radius 3 is 2.67 bits per heavy atom. The van der Waals surface area contributed by atoms with Crippen molar-refractivity contribution in [1.82, 2.24) is 20.0 Å². The number of aryl methyl sites for hydroxylation is 1. The zero-order chi connectivity index (χ0) is 17.2. The number of aromatic nitrogens is 4. The van der Waals surface area contributed by atoms with Gasteiger partial charge in [-0.3, -0.25) is 4.68 Å². The fraction of sp³-hybridized carbons (Fsp3) is 0.267. The van der Waals surface area contributed by atoms with Gasteiger partial charge in [-0.05, 0) is 19.1 Å². The summed E-state index contributed by atoms with van der Waals surface area (Å²) in [6, 6.07) is 6.29. The Labute approximate surface area is 142 Å². The van der Waals surface area contributed by atoms with Gasteiger partial charge in [-0.25, -0.2) is 17.8 Å². The minimum absolute atomic E-state index is 0.195. The molecule has 0 saturated heterocycles. The fourth-order valence-electron chi connectivity index (χ4n) is 2.19. The van der Waals surface area contributed by atoms with Crippen molar-refractivity contribution in [2.75, 3.05) is 0 Å². The van der Waals surface area contributed by atoms with Crippen LogP contribution < -0.4 is 0 Å². The predicted octanol–water partition coefficient (Wildman–Crippen LogP) is 2.68. The maximum absolute atomic E-state index is 13.8. The molecule has 0 aliphatic carbocycles. The van der Waals surface area contributed by atoms with Gasteiger partial charge in [-0.15, -0.1) is 16.4 Å². The second kappa shape index (κ2) is 6.78. The van der Waals surface area contributed by atoms with Gasteiger partial charge in [0.25, 0.3) is 0 Å². The standard InChI is InChI=1S/C15H15FN4O2S2/c1-2-20-7-11(18-19-20)9-24(21,22)10-12-8-23-15(17-12)13-5-3-4-6-14(13)16/h3-8H,2,9-10H2,1H3. The van der Waals surface area contributed by atoms with Crippen molar-refractivity contribution in [2.24, 2.45) is 0 Å². The van der Waals surface area contributed by atoms with Crippen molar-refractivity contribution in [1.29, 1.82) is 0 Å². The quantitative estimate of drug-likeness (QED) is 0.670. The zero-order valence-corrected chi connectivity index (χ0v) is 14.5. The lowest BCUT2D eigenvalue weighted by atomic mass is 10.2. The highest BCUT2D eigenvalue weighted by molar-refractivity contribution is 7.89. The van der Waals surface area contributed by atoms with Gasteiger partial charge in [0.2, 0.25) is 0 Å². The van der Waals surface area contributed by atoms with Gasteiger partial charge in [0, 0.05) is 23.7 Å². The van der Waals surface area contributed by atoms with Gasteiger partial charge in [0.1, 0.15) is 10.8 Å². The number of sulfone groups is 1. The average molecular weight is 366 g/mol. The number of hydrogen-bond acceptors (Lipinski definition) is 6. The molecule has 24 heavy (non-hydrogen) atoms. The molecule has 6 nitrogen and oxygen atoms in total. The van der Waals surface area contributed by atoms with Crippen LogP contribution in [0.5, 0.6) is 0 Å². The molecule has 2 heterocycles. The summed E-state index contributed by atoms with van der Waals surface area (Å²) in [7, 11) is -3.43. The Kier molecular flexibility index (Phi) is 4.72. The molecule has 0 spiro atoms. The molecule has 0 aliphatic rings. The van der Waals surface area contributed by atoms with Crippen LogP contribution in [-0.2, 0) is 27.9 Å². The Morgan fingerprint density at radius 2 is 1.96 bits per heavy atom. The molecule has 1 aromatic carbocycles.